The molecule has 1 atom stereocenters. The molecule has 4 aliphatic rings. The third-order valence-corrected chi connectivity index (χ3v) is 5.30. The van der Waals surface area contributed by atoms with Crippen molar-refractivity contribution in [3.05, 3.63) is 0 Å². The molecule has 108 valence electrons. The first-order valence-corrected chi connectivity index (χ1v) is 7.57. The van der Waals surface area contributed by atoms with E-state index in [1.165, 1.54) is 39.0 Å². The van der Waals surface area contributed by atoms with Gasteiger partial charge in [-0.3, -0.25) is 9.59 Å². The molecule has 1 unspecified atom stereocenters. The maximum Gasteiger partial charge on any atom is 0.325 e. The quantitative estimate of drug-likeness (QED) is 0.753. The minimum Gasteiger partial charge on any atom is -0.480 e. The van der Waals surface area contributed by atoms with E-state index in [9.17, 15) is 9.59 Å². The van der Waals surface area contributed by atoms with Crippen molar-refractivity contribution in [2.45, 2.75) is 45.1 Å². The molecule has 4 fully saturated rings. The zero-order valence-corrected chi connectivity index (χ0v) is 11.8. The van der Waals surface area contributed by atoms with E-state index in [4.69, 9.17) is 5.11 Å². The molecular formula is C16H21NO3. The number of carbonyl (C=O) groups is 2. The summed E-state index contributed by atoms with van der Waals surface area (Å²) < 4.78 is 0. The Bertz CT molecular complexity index is 460. The highest BCUT2D eigenvalue weighted by atomic mass is 16.4. The van der Waals surface area contributed by atoms with Crippen molar-refractivity contribution < 1.29 is 14.7 Å². The summed E-state index contributed by atoms with van der Waals surface area (Å²) in [5.41, 5.74) is 0. The standard InChI is InChI=1S/C16H21NO3/c1-9(16(19)20)17-15(18)3-2-14-12-5-10-4-11(7-12)8-13(14)6-10/h9-14H,4-8H2,1H3,(H,17,18)(H,19,20). The van der Waals surface area contributed by atoms with E-state index in [-0.39, 0.29) is 0 Å². The summed E-state index contributed by atoms with van der Waals surface area (Å²) in [7, 11) is 0. The summed E-state index contributed by atoms with van der Waals surface area (Å²) in [4.78, 5) is 22.3. The van der Waals surface area contributed by atoms with Crippen LogP contribution in [-0.4, -0.2) is 23.0 Å². The van der Waals surface area contributed by atoms with Crippen LogP contribution in [0.1, 0.15) is 39.0 Å². The summed E-state index contributed by atoms with van der Waals surface area (Å²) in [6.07, 6.45) is 6.52. The molecule has 0 aliphatic heterocycles. The first kappa shape index (κ1) is 13.5. The van der Waals surface area contributed by atoms with Gasteiger partial charge in [0.25, 0.3) is 5.91 Å². The Morgan fingerprint density at radius 1 is 1.10 bits per heavy atom. The summed E-state index contributed by atoms with van der Waals surface area (Å²) in [6.45, 7) is 1.45. The molecule has 2 N–H and O–H groups in total. The summed E-state index contributed by atoms with van der Waals surface area (Å²) in [5.74, 6) is 7.78. The third-order valence-electron chi connectivity index (χ3n) is 5.30. The molecule has 4 saturated carbocycles. The summed E-state index contributed by atoms with van der Waals surface area (Å²) in [5, 5.41) is 11.1. The predicted octanol–water partition coefficient (Wildman–Crippen LogP) is 1.65. The second-order valence-electron chi connectivity index (χ2n) is 6.76. The lowest BCUT2D eigenvalue weighted by atomic mass is 9.52. The van der Waals surface area contributed by atoms with Gasteiger partial charge in [0.2, 0.25) is 0 Å². The predicted molar refractivity (Wildman–Crippen MR) is 73.6 cm³/mol. The molecule has 0 aromatic rings. The van der Waals surface area contributed by atoms with Gasteiger partial charge in [-0.2, -0.15) is 0 Å². The molecule has 1 amide bonds. The summed E-state index contributed by atoms with van der Waals surface area (Å²) >= 11 is 0. The Morgan fingerprint density at radius 2 is 1.65 bits per heavy atom. The average molecular weight is 275 g/mol. The van der Waals surface area contributed by atoms with Gasteiger partial charge < -0.3 is 10.4 Å². The van der Waals surface area contributed by atoms with Crippen LogP contribution >= 0.6 is 0 Å². The molecule has 0 saturated heterocycles. The molecule has 4 nitrogen and oxygen atoms in total. The van der Waals surface area contributed by atoms with Gasteiger partial charge in [-0.25, -0.2) is 0 Å². The largest absolute Gasteiger partial charge is 0.480 e. The normalized spacial score (nSPS) is 38.8. The van der Waals surface area contributed by atoms with Crippen LogP contribution in [0.15, 0.2) is 0 Å². The molecule has 4 heteroatoms. The smallest absolute Gasteiger partial charge is 0.325 e. The van der Waals surface area contributed by atoms with Crippen molar-refractivity contribution >= 4 is 11.9 Å². The molecular weight excluding hydrogens is 254 g/mol. The van der Waals surface area contributed by atoms with Gasteiger partial charge in [0, 0.05) is 5.92 Å². The zero-order chi connectivity index (χ0) is 14.3. The van der Waals surface area contributed by atoms with Gasteiger partial charge in [-0.1, -0.05) is 5.92 Å². The lowest BCUT2D eigenvalue weighted by Crippen LogP contribution is -2.44. The van der Waals surface area contributed by atoms with Gasteiger partial charge in [0.1, 0.15) is 6.04 Å². The van der Waals surface area contributed by atoms with E-state index in [0.29, 0.717) is 17.8 Å². The highest BCUT2D eigenvalue weighted by molar-refractivity contribution is 5.95. The maximum absolute atomic E-state index is 11.6. The second-order valence-corrected chi connectivity index (χ2v) is 6.76. The lowest BCUT2D eigenvalue weighted by molar-refractivity contribution is -0.140. The fourth-order valence-electron chi connectivity index (χ4n) is 4.60. The Labute approximate surface area is 119 Å². The zero-order valence-electron chi connectivity index (χ0n) is 11.8. The maximum atomic E-state index is 11.6. The van der Waals surface area contributed by atoms with Gasteiger partial charge in [-0.05, 0) is 68.6 Å². The third kappa shape index (κ3) is 2.54. The van der Waals surface area contributed by atoms with Crippen LogP contribution in [0.5, 0.6) is 0 Å². The topological polar surface area (TPSA) is 66.4 Å². The van der Waals surface area contributed by atoms with E-state index in [1.54, 1.807) is 0 Å². The highest BCUT2D eigenvalue weighted by Gasteiger charge is 2.47. The van der Waals surface area contributed by atoms with E-state index in [0.717, 1.165) is 11.8 Å². The van der Waals surface area contributed by atoms with Gasteiger partial charge in [0.05, 0.1) is 0 Å². The Morgan fingerprint density at radius 3 is 2.15 bits per heavy atom. The van der Waals surface area contributed by atoms with Crippen molar-refractivity contribution in [1.29, 1.82) is 0 Å². The van der Waals surface area contributed by atoms with Crippen molar-refractivity contribution in [2.75, 3.05) is 0 Å². The number of hydrogen-bond acceptors (Lipinski definition) is 2. The van der Waals surface area contributed by atoms with Crippen LogP contribution in [0.4, 0.5) is 0 Å². The second kappa shape index (κ2) is 5.12. The lowest BCUT2D eigenvalue weighted by Gasteiger charge is -2.52. The van der Waals surface area contributed by atoms with Crippen LogP contribution in [0.3, 0.4) is 0 Å². The van der Waals surface area contributed by atoms with Crippen LogP contribution < -0.4 is 5.32 Å². The average Bonchev–Trinajstić information content (AvgIpc) is 2.36. The first-order valence-electron chi connectivity index (χ1n) is 7.57. The van der Waals surface area contributed by atoms with Crippen molar-refractivity contribution in [3.8, 4) is 11.8 Å². The first-order chi connectivity index (χ1) is 9.52. The number of carboxylic acids is 1. The minimum atomic E-state index is -1.03. The van der Waals surface area contributed by atoms with Crippen LogP contribution in [0, 0.1) is 41.4 Å². The number of hydrogen-bond donors (Lipinski definition) is 2. The van der Waals surface area contributed by atoms with Gasteiger partial charge in [0.15, 0.2) is 0 Å². The van der Waals surface area contributed by atoms with E-state index in [2.05, 4.69) is 17.2 Å². The number of nitrogens with one attached hydrogen (secondary N) is 1. The number of carboxylic acid groups (broad SMARTS) is 1. The van der Waals surface area contributed by atoms with Crippen LogP contribution in [-0.2, 0) is 9.59 Å². The Kier molecular flexibility index (Phi) is 3.45. The number of carbonyl (C=O) groups excluding carboxylic acids is 1. The number of rotatable bonds is 2. The number of aliphatic carboxylic acids is 1. The Hall–Kier alpha value is -1.50. The van der Waals surface area contributed by atoms with Crippen molar-refractivity contribution in [2.24, 2.45) is 29.6 Å². The molecule has 0 radical (unpaired) electrons. The monoisotopic (exact) mass is 275 g/mol. The minimum absolute atomic E-state index is 0.355. The molecule has 0 aromatic heterocycles. The molecule has 20 heavy (non-hydrogen) atoms. The molecule has 0 aromatic carbocycles. The molecule has 4 aliphatic carbocycles. The number of amides is 1. The van der Waals surface area contributed by atoms with Gasteiger partial charge in [-0.15, -0.1) is 0 Å². The Balaban J connectivity index is 1.62. The van der Waals surface area contributed by atoms with Crippen LogP contribution in [0.2, 0.25) is 0 Å². The molecule has 0 spiro atoms. The van der Waals surface area contributed by atoms with Crippen molar-refractivity contribution in [3.63, 3.8) is 0 Å². The highest BCUT2D eigenvalue weighted by Crippen LogP contribution is 2.56. The molecule has 4 rings (SSSR count). The van der Waals surface area contributed by atoms with Crippen molar-refractivity contribution in [1.82, 2.24) is 5.32 Å². The fraction of sp³-hybridized carbons (Fsp3) is 0.750. The van der Waals surface area contributed by atoms with E-state index in [1.807, 2.05) is 0 Å². The SMILES string of the molecule is CC(NC(=O)C#CC1C2CC3CC(C2)CC1C3)C(=O)O. The van der Waals surface area contributed by atoms with Gasteiger partial charge >= 0.3 is 5.97 Å². The molecule has 4 bridgehead atoms. The fourth-order valence-corrected chi connectivity index (χ4v) is 4.60. The van der Waals surface area contributed by atoms with E-state index < -0.39 is 17.9 Å². The van der Waals surface area contributed by atoms with Crippen LogP contribution in [0.25, 0.3) is 0 Å². The summed E-state index contributed by atoms with van der Waals surface area (Å²) in [6, 6.07) is -0.879. The van der Waals surface area contributed by atoms with E-state index >= 15 is 0 Å². The molecule has 0 heterocycles.